The van der Waals surface area contributed by atoms with E-state index in [0.717, 1.165) is 5.56 Å². The summed E-state index contributed by atoms with van der Waals surface area (Å²) >= 11 is 12.4. The van der Waals surface area contributed by atoms with Gasteiger partial charge in [0.25, 0.3) is 11.7 Å². The van der Waals surface area contributed by atoms with Crippen LogP contribution < -0.4 is 9.47 Å². The molecule has 1 aliphatic heterocycles. The monoisotopic (exact) mass is 498 g/mol. The van der Waals surface area contributed by atoms with E-state index >= 15 is 0 Å². The lowest BCUT2D eigenvalue weighted by Gasteiger charge is -2.25. The molecule has 1 unspecified atom stereocenters. The van der Waals surface area contributed by atoms with Gasteiger partial charge >= 0.3 is 0 Å². The minimum absolute atomic E-state index is 0.100. The number of ether oxygens (including phenoxy) is 2. The number of benzene rings is 2. The van der Waals surface area contributed by atoms with Crippen molar-refractivity contribution in [2.24, 2.45) is 0 Å². The number of nitrogens with zero attached hydrogens (tertiary/aromatic N) is 2. The van der Waals surface area contributed by atoms with Crippen molar-refractivity contribution in [1.82, 2.24) is 9.88 Å². The van der Waals surface area contributed by atoms with Gasteiger partial charge in [-0.05, 0) is 42.0 Å². The first-order valence-corrected chi connectivity index (χ1v) is 11.0. The maximum absolute atomic E-state index is 13.2. The Morgan fingerprint density at radius 1 is 1.06 bits per heavy atom. The lowest BCUT2D eigenvalue weighted by atomic mass is 9.97. The van der Waals surface area contributed by atoms with Gasteiger partial charge in [-0.15, -0.1) is 0 Å². The second-order valence-electron chi connectivity index (χ2n) is 7.50. The molecule has 0 aliphatic carbocycles. The number of likely N-dealkylation sites (tertiary alicyclic amines) is 1. The summed E-state index contributed by atoms with van der Waals surface area (Å²) in [6, 6.07) is 14.2. The predicted octanol–water partition coefficient (Wildman–Crippen LogP) is 5.03. The van der Waals surface area contributed by atoms with E-state index in [2.05, 4.69) is 4.98 Å². The summed E-state index contributed by atoms with van der Waals surface area (Å²) < 4.78 is 10.5. The van der Waals surface area contributed by atoms with Crippen molar-refractivity contribution in [2.45, 2.75) is 12.6 Å². The van der Waals surface area contributed by atoms with Crippen LogP contribution in [0.5, 0.6) is 11.5 Å². The first kappa shape index (κ1) is 23.6. The van der Waals surface area contributed by atoms with Crippen molar-refractivity contribution in [3.63, 3.8) is 0 Å². The van der Waals surface area contributed by atoms with Crippen LogP contribution in [-0.4, -0.2) is 40.9 Å². The lowest BCUT2D eigenvalue weighted by molar-refractivity contribution is -0.140. The molecule has 34 heavy (non-hydrogen) atoms. The zero-order valence-corrected chi connectivity index (χ0v) is 19.8. The molecule has 7 nitrogen and oxygen atoms in total. The summed E-state index contributed by atoms with van der Waals surface area (Å²) in [7, 11) is 2.94. The molecule has 0 radical (unpaired) electrons. The van der Waals surface area contributed by atoms with Crippen molar-refractivity contribution in [3.8, 4) is 11.5 Å². The molecule has 1 fully saturated rings. The fourth-order valence-electron chi connectivity index (χ4n) is 3.90. The maximum atomic E-state index is 13.2. The van der Waals surface area contributed by atoms with E-state index in [4.69, 9.17) is 32.7 Å². The highest BCUT2D eigenvalue weighted by Gasteiger charge is 2.47. The van der Waals surface area contributed by atoms with Crippen LogP contribution in [0.1, 0.15) is 22.9 Å². The molecular weight excluding hydrogens is 479 g/mol. The van der Waals surface area contributed by atoms with Crippen molar-refractivity contribution in [3.05, 3.63) is 93.2 Å². The Hall–Kier alpha value is -3.55. The number of carbonyl (C=O) groups excluding carboxylic acids is 2. The van der Waals surface area contributed by atoms with Gasteiger partial charge in [-0.25, -0.2) is 0 Å². The molecule has 174 valence electrons. The van der Waals surface area contributed by atoms with Gasteiger partial charge in [-0.2, -0.15) is 0 Å². The molecule has 0 saturated carbocycles. The first-order chi connectivity index (χ1) is 16.3. The van der Waals surface area contributed by atoms with E-state index in [1.165, 1.54) is 24.1 Å². The Morgan fingerprint density at radius 3 is 2.41 bits per heavy atom. The highest BCUT2D eigenvalue weighted by Crippen LogP contribution is 2.43. The summed E-state index contributed by atoms with van der Waals surface area (Å²) in [5.41, 5.74) is 1.16. The molecule has 4 rings (SSSR count). The summed E-state index contributed by atoms with van der Waals surface area (Å²) in [6.45, 7) is 0.111. The summed E-state index contributed by atoms with van der Waals surface area (Å²) in [5, 5.41) is 11.7. The SMILES string of the molecule is COc1ccc(CN2C(=O)C(=O)/C(=C(/O)c3cc(Cl)cc(Cl)c3OC)C2c2ccccn2)cc1. The molecule has 1 amide bonds. The zero-order chi connectivity index (χ0) is 24.4. The number of rotatable bonds is 6. The third-order valence-corrected chi connectivity index (χ3v) is 5.99. The normalized spacial score (nSPS) is 17.2. The molecule has 2 heterocycles. The molecule has 1 N–H and O–H groups in total. The Bertz CT molecular complexity index is 1280. The van der Waals surface area contributed by atoms with Gasteiger partial charge in [0.05, 0.1) is 36.1 Å². The van der Waals surface area contributed by atoms with Gasteiger partial charge in [0.1, 0.15) is 23.3 Å². The Morgan fingerprint density at radius 2 is 1.79 bits per heavy atom. The van der Waals surface area contributed by atoms with Crippen LogP contribution >= 0.6 is 23.2 Å². The summed E-state index contributed by atoms with van der Waals surface area (Å²) in [6.07, 6.45) is 1.56. The number of carbonyl (C=O) groups is 2. The van der Waals surface area contributed by atoms with E-state index in [-0.39, 0.29) is 33.5 Å². The third-order valence-electron chi connectivity index (χ3n) is 5.49. The molecular formula is C25H20Cl2N2O5. The number of aliphatic hydroxyl groups excluding tert-OH is 1. The molecule has 0 bridgehead atoms. The number of ketones is 1. The number of aliphatic hydroxyl groups is 1. The quantitative estimate of drug-likeness (QED) is 0.291. The summed E-state index contributed by atoms with van der Waals surface area (Å²) in [4.78, 5) is 32.1. The minimum Gasteiger partial charge on any atom is -0.507 e. The average Bonchev–Trinajstić information content (AvgIpc) is 3.09. The van der Waals surface area contributed by atoms with Crippen LogP contribution in [0.3, 0.4) is 0 Å². The molecule has 3 aromatic rings. The molecule has 2 aromatic carbocycles. The van der Waals surface area contributed by atoms with E-state index < -0.39 is 23.5 Å². The van der Waals surface area contributed by atoms with Crippen LogP contribution in [0.15, 0.2) is 66.4 Å². The minimum atomic E-state index is -0.939. The van der Waals surface area contributed by atoms with Crippen LogP contribution in [-0.2, 0) is 16.1 Å². The van der Waals surface area contributed by atoms with Gasteiger partial charge in [0.15, 0.2) is 0 Å². The van der Waals surface area contributed by atoms with Crippen molar-refractivity contribution < 1.29 is 24.2 Å². The number of amides is 1. The van der Waals surface area contributed by atoms with Crippen molar-refractivity contribution >= 4 is 40.7 Å². The fourth-order valence-corrected chi connectivity index (χ4v) is 4.48. The Balaban J connectivity index is 1.88. The van der Waals surface area contributed by atoms with Gasteiger partial charge < -0.3 is 19.5 Å². The second kappa shape index (κ2) is 9.75. The van der Waals surface area contributed by atoms with E-state index in [9.17, 15) is 14.7 Å². The molecule has 1 aliphatic rings. The highest BCUT2D eigenvalue weighted by molar-refractivity contribution is 6.46. The average molecular weight is 499 g/mol. The number of hydrogen-bond donors (Lipinski definition) is 1. The number of methoxy groups -OCH3 is 2. The van der Waals surface area contributed by atoms with Crippen molar-refractivity contribution in [1.29, 1.82) is 0 Å². The summed E-state index contributed by atoms with van der Waals surface area (Å²) in [5.74, 6) is -1.27. The smallest absolute Gasteiger partial charge is 0.296 e. The van der Waals surface area contributed by atoms with Crippen LogP contribution in [0.25, 0.3) is 5.76 Å². The Kier molecular flexibility index (Phi) is 6.77. The third kappa shape index (κ3) is 4.32. The van der Waals surface area contributed by atoms with Crippen LogP contribution in [0.2, 0.25) is 10.0 Å². The van der Waals surface area contributed by atoms with Gasteiger partial charge in [0.2, 0.25) is 0 Å². The predicted molar refractivity (Wildman–Crippen MR) is 128 cm³/mol. The lowest BCUT2D eigenvalue weighted by Crippen LogP contribution is -2.29. The largest absolute Gasteiger partial charge is 0.507 e. The molecule has 9 heteroatoms. The number of aromatic nitrogens is 1. The van der Waals surface area contributed by atoms with Gasteiger partial charge in [-0.1, -0.05) is 41.4 Å². The number of hydrogen-bond acceptors (Lipinski definition) is 6. The highest BCUT2D eigenvalue weighted by atomic mass is 35.5. The van der Waals surface area contributed by atoms with E-state index in [0.29, 0.717) is 11.4 Å². The maximum Gasteiger partial charge on any atom is 0.296 e. The van der Waals surface area contributed by atoms with E-state index in [1.807, 2.05) is 0 Å². The Labute approximate surface area is 206 Å². The zero-order valence-electron chi connectivity index (χ0n) is 18.3. The number of halogens is 2. The van der Waals surface area contributed by atoms with Gasteiger partial charge in [0, 0.05) is 17.8 Å². The van der Waals surface area contributed by atoms with Gasteiger partial charge in [-0.3, -0.25) is 14.6 Å². The molecule has 1 atom stereocenters. The number of pyridine rings is 1. The topological polar surface area (TPSA) is 89.0 Å². The van der Waals surface area contributed by atoms with Crippen molar-refractivity contribution in [2.75, 3.05) is 14.2 Å². The molecule has 0 spiro atoms. The number of Topliss-reactive ketones (excluding diaryl/α,β-unsaturated/α-hetero) is 1. The first-order valence-electron chi connectivity index (χ1n) is 10.2. The van der Waals surface area contributed by atoms with E-state index in [1.54, 1.807) is 55.8 Å². The van der Waals surface area contributed by atoms with Crippen LogP contribution in [0.4, 0.5) is 0 Å². The fraction of sp³-hybridized carbons (Fsp3) is 0.160. The second-order valence-corrected chi connectivity index (χ2v) is 8.34. The van der Waals surface area contributed by atoms with Crippen LogP contribution in [0, 0.1) is 0 Å². The molecule has 1 saturated heterocycles. The standard InChI is InChI=1S/C25H20Cl2N2O5/c1-33-16-8-6-14(7-9-16)13-29-21(19-5-3-4-10-28-19)20(23(31)25(29)32)22(30)17-11-15(26)12-18(27)24(17)34-2/h3-12,21,30H,13H2,1-2H3/b22-20+. The molecule has 1 aromatic heterocycles.